The fraction of sp³-hybridized carbons (Fsp3) is 0.588. The van der Waals surface area contributed by atoms with Gasteiger partial charge in [0.05, 0.1) is 26.2 Å². The van der Waals surface area contributed by atoms with Crippen molar-refractivity contribution in [3.63, 3.8) is 0 Å². The molecule has 1 aromatic rings. The highest BCUT2D eigenvalue weighted by atomic mass is 16.5. The monoisotopic (exact) mass is 306 g/mol. The van der Waals surface area contributed by atoms with Crippen LogP contribution in [0.4, 0.5) is 0 Å². The number of para-hydroxylation sites is 1. The predicted molar refractivity (Wildman–Crippen MR) is 86.3 cm³/mol. The summed E-state index contributed by atoms with van der Waals surface area (Å²) in [5, 5.41) is 0. The van der Waals surface area contributed by atoms with Crippen LogP contribution in [-0.2, 0) is 9.53 Å². The number of carbonyl (C=O) groups is 1. The zero-order chi connectivity index (χ0) is 16.1. The van der Waals surface area contributed by atoms with Crippen molar-refractivity contribution in [2.24, 2.45) is 0 Å². The van der Waals surface area contributed by atoms with Crippen molar-refractivity contribution in [3.05, 3.63) is 29.3 Å². The lowest BCUT2D eigenvalue weighted by atomic mass is 10.1. The normalized spacial score (nSPS) is 15.0. The number of hydrogen-bond acceptors (Lipinski definition) is 4. The van der Waals surface area contributed by atoms with Crippen LogP contribution in [0, 0.1) is 13.8 Å². The second-order valence-corrected chi connectivity index (χ2v) is 5.99. The minimum absolute atomic E-state index is 0.105. The van der Waals surface area contributed by atoms with Gasteiger partial charge in [-0.05, 0) is 32.0 Å². The Labute approximate surface area is 132 Å². The molecule has 0 N–H and O–H groups in total. The molecule has 0 spiro atoms. The predicted octanol–water partition coefficient (Wildman–Crippen LogP) is 1.47. The maximum atomic E-state index is 12.1. The minimum atomic E-state index is 0.105. The van der Waals surface area contributed by atoms with E-state index in [1.165, 1.54) is 0 Å². The Balaban J connectivity index is 1.76. The van der Waals surface area contributed by atoms with Crippen LogP contribution in [0.5, 0.6) is 5.75 Å². The van der Waals surface area contributed by atoms with Crippen molar-refractivity contribution in [1.29, 1.82) is 0 Å². The Morgan fingerprint density at radius 1 is 1.32 bits per heavy atom. The molecule has 1 aliphatic heterocycles. The molecular weight excluding hydrogens is 280 g/mol. The number of benzene rings is 1. The highest BCUT2D eigenvalue weighted by molar-refractivity contribution is 5.79. The fourth-order valence-electron chi connectivity index (χ4n) is 2.53. The third kappa shape index (κ3) is 4.21. The minimum Gasteiger partial charge on any atom is -0.486 e. The molecule has 0 saturated carbocycles. The Morgan fingerprint density at radius 2 is 1.95 bits per heavy atom. The molecule has 122 valence electrons. The van der Waals surface area contributed by atoms with Gasteiger partial charge in [0.15, 0.2) is 0 Å². The number of nitrogens with zero attached hydrogens (tertiary/aromatic N) is 2. The summed E-state index contributed by atoms with van der Waals surface area (Å²) in [6.45, 7) is 7.28. The van der Waals surface area contributed by atoms with Gasteiger partial charge in [0.2, 0.25) is 5.91 Å². The summed E-state index contributed by atoms with van der Waals surface area (Å²) in [6.07, 6.45) is 0.105. The molecule has 1 heterocycles. The molecule has 2 rings (SSSR count). The summed E-state index contributed by atoms with van der Waals surface area (Å²) < 4.78 is 11.0. The van der Waals surface area contributed by atoms with Gasteiger partial charge in [-0.2, -0.15) is 0 Å². The van der Waals surface area contributed by atoms with Crippen molar-refractivity contribution >= 4 is 5.91 Å². The number of aryl methyl sites for hydroxylation is 2. The Kier molecular flexibility index (Phi) is 5.80. The van der Waals surface area contributed by atoms with Gasteiger partial charge < -0.3 is 14.4 Å². The molecule has 0 aromatic heterocycles. The van der Waals surface area contributed by atoms with Crippen LogP contribution in [-0.4, -0.2) is 68.8 Å². The third-order valence-corrected chi connectivity index (χ3v) is 3.98. The number of rotatable bonds is 7. The largest absolute Gasteiger partial charge is 0.486 e. The van der Waals surface area contributed by atoms with Gasteiger partial charge in [0.1, 0.15) is 11.9 Å². The topological polar surface area (TPSA) is 42.0 Å². The van der Waals surface area contributed by atoms with Crippen molar-refractivity contribution in [2.75, 3.05) is 46.9 Å². The molecule has 0 unspecified atom stereocenters. The van der Waals surface area contributed by atoms with Crippen LogP contribution >= 0.6 is 0 Å². The first-order valence-corrected chi connectivity index (χ1v) is 7.69. The molecule has 5 heteroatoms. The van der Waals surface area contributed by atoms with E-state index in [0.717, 1.165) is 23.4 Å². The second-order valence-electron chi connectivity index (χ2n) is 5.99. The lowest BCUT2D eigenvalue weighted by Crippen LogP contribution is -2.58. The summed E-state index contributed by atoms with van der Waals surface area (Å²) in [6, 6.07) is 6.13. The summed E-state index contributed by atoms with van der Waals surface area (Å²) in [5.41, 5.74) is 2.29. The molecule has 1 amide bonds. The summed E-state index contributed by atoms with van der Waals surface area (Å²) in [5.74, 6) is 1.11. The number of hydrogen-bond donors (Lipinski definition) is 0. The van der Waals surface area contributed by atoms with Gasteiger partial charge in [0.25, 0.3) is 0 Å². The number of likely N-dealkylation sites (N-methyl/N-ethyl adjacent to an activating group) is 1. The van der Waals surface area contributed by atoms with Gasteiger partial charge in [0, 0.05) is 13.7 Å². The molecule has 0 radical (unpaired) electrons. The molecule has 1 saturated heterocycles. The van der Waals surface area contributed by atoms with Gasteiger partial charge in [-0.15, -0.1) is 0 Å². The molecule has 0 bridgehead atoms. The quantitative estimate of drug-likeness (QED) is 0.765. The fourth-order valence-corrected chi connectivity index (χ4v) is 2.53. The van der Waals surface area contributed by atoms with Gasteiger partial charge in [-0.25, -0.2) is 0 Å². The molecule has 1 fully saturated rings. The molecule has 5 nitrogen and oxygen atoms in total. The molecular formula is C17H26N2O3. The number of methoxy groups -OCH3 is 1. The smallest absolute Gasteiger partial charge is 0.237 e. The van der Waals surface area contributed by atoms with Gasteiger partial charge in [-0.1, -0.05) is 18.2 Å². The van der Waals surface area contributed by atoms with Crippen LogP contribution in [0.3, 0.4) is 0 Å². The van der Waals surface area contributed by atoms with Crippen LogP contribution in [0.2, 0.25) is 0 Å². The number of amides is 1. The molecule has 0 atom stereocenters. The molecule has 22 heavy (non-hydrogen) atoms. The van der Waals surface area contributed by atoms with Crippen LogP contribution in [0.25, 0.3) is 0 Å². The van der Waals surface area contributed by atoms with E-state index in [-0.39, 0.29) is 12.0 Å². The van der Waals surface area contributed by atoms with Crippen molar-refractivity contribution in [3.8, 4) is 5.75 Å². The Bertz CT molecular complexity index is 492. The Morgan fingerprint density at radius 3 is 2.55 bits per heavy atom. The van der Waals surface area contributed by atoms with E-state index in [1.54, 1.807) is 7.11 Å². The SMILES string of the molecule is COCCN(C)CC(=O)N1CC(Oc2c(C)cccc2C)C1. The van der Waals surface area contributed by atoms with Crippen LogP contribution in [0.1, 0.15) is 11.1 Å². The van der Waals surface area contributed by atoms with Crippen LogP contribution < -0.4 is 4.74 Å². The zero-order valence-electron chi connectivity index (χ0n) is 14.0. The highest BCUT2D eigenvalue weighted by Gasteiger charge is 2.32. The average molecular weight is 306 g/mol. The van der Waals surface area contributed by atoms with E-state index in [1.807, 2.05) is 22.9 Å². The van der Waals surface area contributed by atoms with E-state index in [9.17, 15) is 4.79 Å². The summed E-state index contributed by atoms with van der Waals surface area (Å²) in [7, 11) is 3.60. The zero-order valence-corrected chi connectivity index (χ0v) is 14.0. The molecule has 1 aliphatic rings. The third-order valence-electron chi connectivity index (χ3n) is 3.98. The van der Waals surface area contributed by atoms with Crippen molar-refractivity contribution in [2.45, 2.75) is 20.0 Å². The van der Waals surface area contributed by atoms with E-state index in [2.05, 4.69) is 26.0 Å². The van der Waals surface area contributed by atoms with E-state index in [4.69, 9.17) is 9.47 Å². The second kappa shape index (κ2) is 7.61. The summed E-state index contributed by atoms with van der Waals surface area (Å²) >= 11 is 0. The Hall–Kier alpha value is -1.59. The lowest BCUT2D eigenvalue weighted by Gasteiger charge is -2.40. The van der Waals surface area contributed by atoms with Gasteiger partial charge >= 0.3 is 0 Å². The first-order valence-electron chi connectivity index (χ1n) is 7.69. The van der Waals surface area contributed by atoms with E-state index >= 15 is 0 Å². The average Bonchev–Trinajstić information content (AvgIpc) is 2.42. The number of carbonyl (C=O) groups excluding carboxylic acids is 1. The van der Waals surface area contributed by atoms with Gasteiger partial charge in [-0.3, -0.25) is 9.69 Å². The molecule has 1 aromatic carbocycles. The first kappa shape index (κ1) is 16.8. The molecule has 0 aliphatic carbocycles. The van der Waals surface area contributed by atoms with Crippen LogP contribution in [0.15, 0.2) is 18.2 Å². The maximum Gasteiger partial charge on any atom is 0.237 e. The highest BCUT2D eigenvalue weighted by Crippen LogP contribution is 2.26. The standard InChI is InChI=1S/C17H26N2O3/c1-13-6-5-7-14(2)17(13)22-15-10-19(11-15)16(20)12-18(3)8-9-21-4/h5-7,15H,8-12H2,1-4H3. The van der Waals surface area contributed by atoms with Crippen molar-refractivity contribution in [1.82, 2.24) is 9.80 Å². The van der Waals surface area contributed by atoms with E-state index in [0.29, 0.717) is 26.2 Å². The lowest BCUT2D eigenvalue weighted by molar-refractivity contribution is -0.141. The van der Waals surface area contributed by atoms with Crippen molar-refractivity contribution < 1.29 is 14.3 Å². The van der Waals surface area contributed by atoms with E-state index < -0.39 is 0 Å². The number of likely N-dealkylation sites (tertiary alicyclic amines) is 1. The maximum absolute atomic E-state index is 12.1. The summed E-state index contributed by atoms with van der Waals surface area (Å²) in [4.78, 5) is 15.9. The number of ether oxygens (including phenoxy) is 2. The first-order chi connectivity index (χ1) is 10.5.